The first-order valence-electron chi connectivity index (χ1n) is 6.05. The van der Waals surface area contributed by atoms with Crippen molar-refractivity contribution in [2.45, 2.75) is 65.3 Å². The lowest BCUT2D eigenvalue weighted by atomic mass is 9.97. The molecule has 0 spiro atoms. The first kappa shape index (κ1) is 12.3. The maximum atomic E-state index is 4.30. The fourth-order valence-corrected chi connectivity index (χ4v) is 1.93. The van der Waals surface area contributed by atoms with Crippen LogP contribution in [0.25, 0.3) is 0 Å². The number of rotatable bonds is 5. The van der Waals surface area contributed by atoms with E-state index in [-0.39, 0.29) is 5.54 Å². The predicted molar refractivity (Wildman–Crippen MR) is 65.2 cm³/mol. The lowest BCUT2D eigenvalue weighted by Gasteiger charge is -2.29. The number of imidazole rings is 1. The summed E-state index contributed by atoms with van der Waals surface area (Å²) < 4.78 is 2.34. The molecule has 1 atom stereocenters. The molecule has 1 heterocycles. The van der Waals surface area contributed by atoms with Gasteiger partial charge in [-0.1, -0.05) is 27.2 Å². The monoisotopic (exact) mass is 208 g/mol. The van der Waals surface area contributed by atoms with Crippen molar-refractivity contribution in [3.63, 3.8) is 0 Å². The molecule has 0 N–H and O–H groups in total. The summed E-state index contributed by atoms with van der Waals surface area (Å²) in [6.07, 6.45) is 7.61. The van der Waals surface area contributed by atoms with Crippen molar-refractivity contribution in [3.05, 3.63) is 18.2 Å². The molecular formula is C13H24N2. The minimum absolute atomic E-state index is 0.188. The van der Waals surface area contributed by atoms with Crippen LogP contribution >= 0.6 is 0 Å². The zero-order valence-corrected chi connectivity index (χ0v) is 10.7. The third-order valence-corrected chi connectivity index (χ3v) is 3.41. The van der Waals surface area contributed by atoms with E-state index in [0.717, 1.165) is 6.42 Å². The molecule has 0 saturated heterocycles. The van der Waals surface area contributed by atoms with Crippen molar-refractivity contribution in [1.82, 2.24) is 9.55 Å². The van der Waals surface area contributed by atoms with Crippen LogP contribution in [0.3, 0.4) is 0 Å². The maximum Gasteiger partial charge on any atom is 0.0953 e. The van der Waals surface area contributed by atoms with Crippen LogP contribution in [0, 0.1) is 0 Å². The average Bonchev–Trinajstić information content (AvgIpc) is 2.67. The van der Waals surface area contributed by atoms with Gasteiger partial charge in [0.2, 0.25) is 0 Å². The van der Waals surface area contributed by atoms with Gasteiger partial charge in [0, 0.05) is 17.4 Å². The van der Waals surface area contributed by atoms with E-state index >= 15 is 0 Å². The summed E-state index contributed by atoms with van der Waals surface area (Å²) in [4.78, 5) is 4.30. The molecule has 2 nitrogen and oxygen atoms in total. The molecule has 0 aliphatic rings. The van der Waals surface area contributed by atoms with E-state index < -0.39 is 0 Å². The van der Waals surface area contributed by atoms with Gasteiger partial charge in [-0.15, -0.1) is 0 Å². The van der Waals surface area contributed by atoms with Crippen molar-refractivity contribution in [2.75, 3.05) is 0 Å². The Hall–Kier alpha value is -0.790. The molecule has 86 valence electrons. The summed E-state index contributed by atoms with van der Waals surface area (Å²) in [6, 6.07) is 0. The van der Waals surface area contributed by atoms with Gasteiger partial charge in [-0.05, 0) is 32.6 Å². The van der Waals surface area contributed by atoms with E-state index in [1.54, 1.807) is 0 Å². The van der Waals surface area contributed by atoms with E-state index in [9.17, 15) is 0 Å². The molecule has 0 saturated carbocycles. The van der Waals surface area contributed by atoms with Gasteiger partial charge in [-0.25, -0.2) is 4.98 Å². The summed E-state index contributed by atoms with van der Waals surface area (Å²) in [5.41, 5.74) is 1.57. The summed E-state index contributed by atoms with van der Waals surface area (Å²) in [5, 5.41) is 0. The van der Waals surface area contributed by atoms with Gasteiger partial charge in [0.25, 0.3) is 0 Å². The standard InChI is InChI=1S/C13H24N2/c1-6-8-11(3)12-9-14-10-15(12)13(4,5)7-2/h9-11H,6-8H2,1-5H3. The number of nitrogens with zero attached hydrogens (tertiary/aromatic N) is 2. The van der Waals surface area contributed by atoms with Crippen LogP contribution in [0.5, 0.6) is 0 Å². The van der Waals surface area contributed by atoms with Gasteiger partial charge in [-0.3, -0.25) is 0 Å². The Morgan fingerprint density at radius 1 is 1.40 bits per heavy atom. The zero-order valence-electron chi connectivity index (χ0n) is 10.7. The average molecular weight is 208 g/mol. The minimum atomic E-state index is 0.188. The molecule has 0 fully saturated rings. The highest BCUT2D eigenvalue weighted by Crippen LogP contribution is 2.27. The molecule has 1 rings (SSSR count). The molecule has 0 aromatic carbocycles. The first-order valence-corrected chi connectivity index (χ1v) is 6.05. The van der Waals surface area contributed by atoms with Crippen LogP contribution in [-0.4, -0.2) is 9.55 Å². The Labute approximate surface area is 93.7 Å². The smallest absolute Gasteiger partial charge is 0.0953 e. The van der Waals surface area contributed by atoms with Gasteiger partial charge in [0.15, 0.2) is 0 Å². The fraction of sp³-hybridized carbons (Fsp3) is 0.769. The van der Waals surface area contributed by atoms with Gasteiger partial charge >= 0.3 is 0 Å². The van der Waals surface area contributed by atoms with Gasteiger partial charge in [-0.2, -0.15) is 0 Å². The SMILES string of the molecule is CCCC(C)c1cncn1C(C)(C)CC. The Morgan fingerprint density at radius 3 is 2.60 bits per heavy atom. The van der Waals surface area contributed by atoms with Crippen molar-refractivity contribution >= 4 is 0 Å². The second kappa shape index (κ2) is 4.82. The highest BCUT2D eigenvalue weighted by molar-refractivity contribution is 5.08. The largest absolute Gasteiger partial charge is 0.329 e. The van der Waals surface area contributed by atoms with Crippen LogP contribution in [0.1, 0.15) is 65.5 Å². The predicted octanol–water partition coefficient (Wildman–Crippen LogP) is 3.93. The molecule has 0 radical (unpaired) electrons. The van der Waals surface area contributed by atoms with Crippen molar-refractivity contribution in [2.24, 2.45) is 0 Å². The van der Waals surface area contributed by atoms with Crippen molar-refractivity contribution < 1.29 is 0 Å². The van der Waals surface area contributed by atoms with E-state index in [1.807, 2.05) is 12.5 Å². The molecule has 1 aromatic rings. The molecule has 1 aromatic heterocycles. The van der Waals surface area contributed by atoms with Crippen molar-refractivity contribution in [1.29, 1.82) is 0 Å². The highest BCUT2D eigenvalue weighted by Gasteiger charge is 2.22. The number of hydrogen-bond acceptors (Lipinski definition) is 1. The first-order chi connectivity index (χ1) is 7.03. The second-order valence-corrected chi connectivity index (χ2v) is 5.04. The summed E-state index contributed by atoms with van der Waals surface area (Å²) in [7, 11) is 0. The molecule has 0 aliphatic carbocycles. The quantitative estimate of drug-likeness (QED) is 0.717. The van der Waals surface area contributed by atoms with E-state index in [2.05, 4.69) is 44.2 Å². The fourth-order valence-electron chi connectivity index (χ4n) is 1.93. The molecule has 0 amide bonds. The molecular weight excluding hydrogens is 184 g/mol. The Kier molecular flexibility index (Phi) is 3.95. The molecule has 0 aliphatic heterocycles. The minimum Gasteiger partial charge on any atom is -0.329 e. The molecule has 15 heavy (non-hydrogen) atoms. The Bertz CT molecular complexity index is 299. The van der Waals surface area contributed by atoms with Crippen LogP contribution in [0.2, 0.25) is 0 Å². The molecule has 0 bridgehead atoms. The lowest BCUT2D eigenvalue weighted by molar-refractivity contribution is 0.326. The van der Waals surface area contributed by atoms with E-state index in [0.29, 0.717) is 5.92 Å². The van der Waals surface area contributed by atoms with Crippen molar-refractivity contribution in [3.8, 4) is 0 Å². The topological polar surface area (TPSA) is 17.8 Å². The van der Waals surface area contributed by atoms with Crippen LogP contribution in [0.4, 0.5) is 0 Å². The Balaban J connectivity index is 2.96. The van der Waals surface area contributed by atoms with Gasteiger partial charge in [0.1, 0.15) is 0 Å². The zero-order chi connectivity index (χ0) is 11.5. The van der Waals surface area contributed by atoms with Gasteiger partial charge in [0.05, 0.1) is 6.33 Å². The normalized spacial score (nSPS) is 14.2. The third-order valence-electron chi connectivity index (χ3n) is 3.41. The summed E-state index contributed by atoms with van der Waals surface area (Å²) in [5.74, 6) is 0.614. The molecule has 1 unspecified atom stereocenters. The third kappa shape index (κ3) is 2.61. The lowest BCUT2D eigenvalue weighted by Crippen LogP contribution is -2.26. The summed E-state index contributed by atoms with van der Waals surface area (Å²) >= 11 is 0. The second-order valence-electron chi connectivity index (χ2n) is 5.04. The summed E-state index contributed by atoms with van der Waals surface area (Å²) in [6.45, 7) is 11.3. The molecule has 2 heteroatoms. The Morgan fingerprint density at radius 2 is 2.07 bits per heavy atom. The van der Waals surface area contributed by atoms with E-state index in [1.165, 1.54) is 18.5 Å². The highest BCUT2D eigenvalue weighted by atomic mass is 15.1. The number of hydrogen-bond donors (Lipinski definition) is 0. The van der Waals surface area contributed by atoms with E-state index in [4.69, 9.17) is 0 Å². The van der Waals surface area contributed by atoms with Crippen LogP contribution < -0.4 is 0 Å². The van der Waals surface area contributed by atoms with Gasteiger partial charge < -0.3 is 4.57 Å². The van der Waals surface area contributed by atoms with Crippen LogP contribution in [0.15, 0.2) is 12.5 Å². The number of aromatic nitrogens is 2. The van der Waals surface area contributed by atoms with Crippen LogP contribution in [-0.2, 0) is 5.54 Å². The maximum absolute atomic E-state index is 4.30.